The molecule has 4 rings (SSSR count). The molecule has 1 aromatic carbocycles. The smallest absolute Gasteiger partial charge is 0.292 e. The zero-order chi connectivity index (χ0) is 15.8. The van der Waals surface area contributed by atoms with Gasteiger partial charge in [0.15, 0.2) is 6.10 Å². The molecule has 0 saturated carbocycles. The minimum Gasteiger partial charge on any atom is -0.292 e. The molecule has 3 aliphatic rings. The molecule has 0 N–H and O–H groups in total. The Morgan fingerprint density at radius 3 is 2.70 bits per heavy atom. The van der Waals surface area contributed by atoms with E-state index in [1.807, 2.05) is 35.4 Å². The molecule has 3 amide bonds. The van der Waals surface area contributed by atoms with E-state index in [0.717, 1.165) is 25.1 Å². The molecule has 122 valence electrons. The molecule has 0 bridgehead atoms. The Kier molecular flexibility index (Phi) is 3.79. The van der Waals surface area contributed by atoms with Crippen molar-refractivity contribution in [2.24, 2.45) is 0 Å². The lowest BCUT2D eigenvalue weighted by atomic mass is 10.00. The molecule has 0 spiro atoms. The Labute approximate surface area is 135 Å². The number of para-hydroxylation sites is 1. The molecule has 0 aromatic heterocycles. The summed E-state index contributed by atoms with van der Waals surface area (Å²) in [6, 6.07) is 9.57. The van der Waals surface area contributed by atoms with Crippen LogP contribution in [-0.2, 0) is 9.63 Å². The number of carbonyl (C=O) groups is 2. The van der Waals surface area contributed by atoms with E-state index in [1.165, 1.54) is 11.3 Å². The molecule has 23 heavy (non-hydrogen) atoms. The molecule has 0 radical (unpaired) electrons. The van der Waals surface area contributed by atoms with Crippen LogP contribution in [-0.4, -0.2) is 53.7 Å². The topological polar surface area (TPSA) is 53.1 Å². The zero-order valence-corrected chi connectivity index (χ0v) is 13.1. The minimum absolute atomic E-state index is 0.192. The zero-order valence-electron chi connectivity index (χ0n) is 13.1. The van der Waals surface area contributed by atoms with Gasteiger partial charge in [0.1, 0.15) is 0 Å². The largest absolute Gasteiger partial charge is 0.331 e. The molecule has 2 atom stereocenters. The van der Waals surface area contributed by atoms with Gasteiger partial charge in [0.2, 0.25) is 0 Å². The van der Waals surface area contributed by atoms with Gasteiger partial charge in [-0.05, 0) is 25.0 Å². The van der Waals surface area contributed by atoms with Gasteiger partial charge >= 0.3 is 6.03 Å². The fourth-order valence-electron chi connectivity index (χ4n) is 3.71. The van der Waals surface area contributed by atoms with Crippen LogP contribution < -0.4 is 4.90 Å². The molecular weight excluding hydrogens is 294 g/mol. The van der Waals surface area contributed by atoms with Crippen LogP contribution >= 0.6 is 0 Å². The number of amides is 3. The van der Waals surface area contributed by atoms with Crippen LogP contribution in [0.15, 0.2) is 30.3 Å². The van der Waals surface area contributed by atoms with E-state index in [4.69, 9.17) is 4.84 Å². The van der Waals surface area contributed by atoms with Gasteiger partial charge in [-0.15, -0.1) is 0 Å². The van der Waals surface area contributed by atoms with Gasteiger partial charge in [0.25, 0.3) is 5.91 Å². The summed E-state index contributed by atoms with van der Waals surface area (Å²) in [6.07, 6.45) is 3.58. The lowest BCUT2D eigenvalue weighted by molar-refractivity contribution is -0.183. The highest BCUT2D eigenvalue weighted by Crippen LogP contribution is 2.31. The van der Waals surface area contributed by atoms with Crippen LogP contribution in [0.4, 0.5) is 10.5 Å². The first-order valence-corrected chi connectivity index (χ1v) is 8.35. The van der Waals surface area contributed by atoms with Gasteiger partial charge in [0, 0.05) is 37.8 Å². The number of piperidine rings is 1. The van der Waals surface area contributed by atoms with E-state index < -0.39 is 6.10 Å². The number of hydrogen-bond donors (Lipinski definition) is 0. The second-order valence-electron chi connectivity index (χ2n) is 6.38. The standard InChI is InChI=1S/C17H21N3O3/c21-16(15-12-14-8-4-5-9-20(14)23-15)19-11-10-18(17(19)22)13-6-2-1-3-7-13/h1-3,6-7,14-15H,4-5,8-12H2. The van der Waals surface area contributed by atoms with Crippen LogP contribution in [0.5, 0.6) is 0 Å². The number of hydroxylamine groups is 2. The van der Waals surface area contributed by atoms with Gasteiger partial charge in [-0.3, -0.25) is 19.4 Å². The monoisotopic (exact) mass is 315 g/mol. The van der Waals surface area contributed by atoms with Crippen molar-refractivity contribution in [2.75, 3.05) is 24.5 Å². The summed E-state index contributed by atoms with van der Waals surface area (Å²) in [6.45, 7) is 1.85. The molecular formula is C17H21N3O3. The Balaban J connectivity index is 1.44. The summed E-state index contributed by atoms with van der Waals surface area (Å²) in [4.78, 5) is 34.1. The van der Waals surface area contributed by atoms with Crippen molar-refractivity contribution in [3.8, 4) is 0 Å². The maximum atomic E-state index is 12.7. The number of rotatable bonds is 2. The highest BCUT2D eigenvalue weighted by molar-refractivity contribution is 6.05. The summed E-state index contributed by atoms with van der Waals surface area (Å²) in [5.74, 6) is -0.192. The number of urea groups is 1. The number of anilines is 1. The molecule has 3 aliphatic heterocycles. The van der Waals surface area contributed by atoms with Crippen molar-refractivity contribution in [1.29, 1.82) is 0 Å². The fourth-order valence-corrected chi connectivity index (χ4v) is 3.71. The second kappa shape index (κ2) is 5.94. The van der Waals surface area contributed by atoms with Crippen molar-refractivity contribution < 1.29 is 14.4 Å². The average molecular weight is 315 g/mol. The van der Waals surface area contributed by atoms with Crippen LogP contribution in [0, 0.1) is 0 Å². The van der Waals surface area contributed by atoms with E-state index in [9.17, 15) is 9.59 Å². The third kappa shape index (κ3) is 2.62. The number of nitrogens with zero attached hydrogens (tertiary/aromatic N) is 3. The Morgan fingerprint density at radius 1 is 1.09 bits per heavy atom. The molecule has 0 aliphatic carbocycles. The average Bonchev–Trinajstić information content (AvgIpc) is 3.18. The molecule has 2 unspecified atom stereocenters. The number of fused-ring (bicyclic) bond motifs is 1. The lowest BCUT2D eigenvalue weighted by Crippen LogP contribution is -2.42. The van der Waals surface area contributed by atoms with Crippen LogP contribution in [0.1, 0.15) is 25.7 Å². The lowest BCUT2D eigenvalue weighted by Gasteiger charge is -2.26. The minimum atomic E-state index is -0.502. The van der Waals surface area contributed by atoms with E-state index in [1.54, 1.807) is 4.90 Å². The second-order valence-corrected chi connectivity index (χ2v) is 6.38. The van der Waals surface area contributed by atoms with E-state index in [2.05, 4.69) is 0 Å². The van der Waals surface area contributed by atoms with Gasteiger partial charge < -0.3 is 0 Å². The van der Waals surface area contributed by atoms with Crippen molar-refractivity contribution in [1.82, 2.24) is 9.96 Å². The predicted molar refractivity (Wildman–Crippen MR) is 84.7 cm³/mol. The predicted octanol–water partition coefficient (Wildman–Crippen LogP) is 2.01. The van der Waals surface area contributed by atoms with Crippen molar-refractivity contribution in [3.63, 3.8) is 0 Å². The Hall–Kier alpha value is -1.92. The van der Waals surface area contributed by atoms with Crippen LogP contribution in [0.25, 0.3) is 0 Å². The maximum Gasteiger partial charge on any atom is 0.331 e. The summed E-state index contributed by atoms with van der Waals surface area (Å²) >= 11 is 0. The van der Waals surface area contributed by atoms with E-state index in [0.29, 0.717) is 25.6 Å². The summed E-state index contributed by atoms with van der Waals surface area (Å²) in [5.41, 5.74) is 0.831. The Bertz CT molecular complexity index is 592. The van der Waals surface area contributed by atoms with Crippen molar-refractivity contribution >= 4 is 17.6 Å². The van der Waals surface area contributed by atoms with Crippen LogP contribution in [0.2, 0.25) is 0 Å². The van der Waals surface area contributed by atoms with Gasteiger partial charge in [0.05, 0.1) is 0 Å². The fraction of sp³-hybridized carbons (Fsp3) is 0.529. The van der Waals surface area contributed by atoms with E-state index >= 15 is 0 Å². The molecule has 3 heterocycles. The molecule has 6 heteroatoms. The van der Waals surface area contributed by atoms with Gasteiger partial charge in [-0.25, -0.2) is 4.79 Å². The molecule has 3 saturated heterocycles. The number of hydrogen-bond acceptors (Lipinski definition) is 4. The summed E-state index contributed by atoms with van der Waals surface area (Å²) < 4.78 is 0. The Morgan fingerprint density at radius 2 is 1.91 bits per heavy atom. The maximum absolute atomic E-state index is 12.7. The number of imide groups is 1. The summed E-state index contributed by atoms with van der Waals surface area (Å²) in [7, 11) is 0. The normalized spacial score (nSPS) is 28.3. The first kappa shape index (κ1) is 14.7. The van der Waals surface area contributed by atoms with Gasteiger partial charge in [-0.1, -0.05) is 24.6 Å². The molecule has 1 aromatic rings. The van der Waals surface area contributed by atoms with Crippen LogP contribution in [0.3, 0.4) is 0 Å². The first-order valence-electron chi connectivity index (χ1n) is 8.35. The SMILES string of the molecule is O=C(C1CC2CCCCN2O1)N1CCN(c2ccccc2)C1=O. The highest BCUT2D eigenvalue weighted by Gasteiger charge is 2.44. The highest BCUT2D eigenvalue weighted by atomic mass is 16.7. The van der Waals surface area contributed by atoms with E-state index in [-0.39, 0.29) is 11.9 Å². The summed E-state index contributed by atoms with van der Waals surface area (Å²) in [5, 5.41) is 1.95. The molecule has 3 fully saturated rings. The number of benzene rings is 1. The van der Waals surface area contributed by atoms with Crippen molar-refractivity contribution in [3.05, 3.63) is 30.3 Å². The molecule has 6 nitrogen and oxygen atoms in total. The third-order valence-electron chi connectivity index (χ3n) is 4.94. The van der Waals surface area contributed by atoms with Gasteiger partial charge in [-0.2, -0.15) is 5.06 Å². The first-order chi connectivity index (χ1) is 11.2. The quantitative estimate of drug-likeness (QED) is 0.838. The number of carbonyl (C=O) groups excluding carboxylic acids is 2. The third-order valence-corrected chi connectivity index (χ3v) is 4.94. The van der Waals surface area contributed by atoms with Crippen molar-refractivity contribution in [2.45, 2.75) is 37.8 Å².